The van der Waals surface area contributed by atoms with Crippen LogP contribution in [0.15, 0.2) is 29.8 Å². The Labute approximate surface area is 128 Å². The van der Waals surface area contributed by atoms with Crippen LogP contribution in [-0.2, 0) is 0 Å². The van der Waals surface area contributed by atoms with E-state index in [0.717, 1.165) is 19.3 Å². The molecule has 0 atom stereocenters. The smallest absolute Gasteiger partial charge is 0.270 e. The van der Waals surface area contributed by atoms with Crippen LogP contribution in [0.25, 0.3) is 0 Å². The summed E-state index contributed by atoms with van der Waals surface area (Å²) in [6, 6.07) is 3.86. The molecule has 0 radical (unpaired) electrons. The average molecular weight is 309 g/mol. The second-order valence-corrected chi connectivity index (χ2v) is 5.44. The number of nitrogens with zero attached hydrogens (tertiary/aromatic N) is 1. The number of allylic oxidation sites excluding steroid dienone is 1. The largest absolute Gasteiger partial charge is 0.352 e. The second-order valence-electron chi connectivity index (χ2n) is 5.04. The first kappa shape index (κ1) is 15.5. The Kier molecular flexibility index (Phi) is 5.33. The lowest BCUT2D eigenvalue weighted by Gasteiger charge is -2.13. The first-order valence-corrected chi connectivity index (χ1v) is 7.36. The van der Waals surface area contributed by atoms with Crippen molar-refractivity contribution in [2.24, 2.45) is 0 Å². The average Bonchev–Trinajstić information content (AvgIpc) is 2.48. The zero-order valence-corrected chi connectivity index (χ0v) is 12.4. The minimum absolute atomic E-state index is 0.0959. The van der Waals surface area contributed by atoms with Crippen molar-refractivity contribution in [1.82, 2.24) is 5.32 Å². The molecule has 0 aliphatic heterocycles. The highest BCUT2D eigenvalue weighted by Crippen LogP contribution is 2.23. The van der Waals surface area contributed by atoms with Gasteiger partial charge < -0.3 is 5.32 Å². The Hall–Kier alpha value is -1.88. The van der Waals surface area contributed by atoms with Crippen molar-refractivity contribution in [2.45, 2.75) is 32.1 Å². The fraction of sp³-hybridized carbons (Fsp3) is 0.400. The van der Waals surface area contributed by atoms with E-state index in [2.05, 4.69) is 11.4 Å². The van der Waals surface area contributed by atoms with E-state index < -0.39 is 4.92 Å². The Balaban J connectivity index is 1.91. The molecule has 0 heterocycles. The number of nitro benzene ring substituents is 1. The number of hydrogen-bond acceptors (Lipinski definition) is 3. The summed E-state index contributed by atoms with van der Waals surface area (Å²) >= 11 is 5.92. The molecule has 1 amide bonds. The zero-order chi connectivity index (χ0) is 15.2. The van der Waals surface area contributed by atoms with E-state index in [9.17, 15) is 14.9 Å². The number of hydrogen-bond donors (Lipinski definition) is 1. The van der Waals surface area contributed by atoms with Crippen molar-refractivity contribution in [2.75, 3.05) is 6.54 Å². The molecule has 6 heteroatoms. The van der Waals surface area contributed by atoms with E-state index in [-0.39, 0.29) is 22.2 Å². The van der Waals surface area contributed by atoms with Crippen LogP contribution in [0.5, 0.6) is 0 Å². The van der Waals surface area contributed by atoms with Gasteiger partial charge in [-0.15, -0.1) is 0 Å². The third kappa shape index (κ3) is 4.29. The van der Waals surface area contributed by atoms with Crippen LogP contribution in [-0.4, -0.2) is 17.4 Å². The lowest BCUT2D eigenvalue weighted by molar-refractivity contribution is -0.384. The van der Waals surface area contributed by atoms with Gasteiger partial charge in [0.1, 0.15) is 0 Å². The monoisotopic (exact) mass is 308 g/mol. The van der Waals surface area contributed by atoms with Crippen LogP contribution < -0.4 is 5.32 Å². The molecule has 0 aromatic heterocycles. The highest BCUT2D eigenvalue weighted by molar-refractivity contribution is 6.34. The molecule has 0 spiro atoms. The molecular formula is C15H17ClN2O3. The summed E-state index contributed by atoms with van der Waals surface area (Å²) in [7, 11) is 0. The van der Waals surface area contributed by atoms with Gasteiger partial charge in [-0.1, -0.05) is 23.3 Å². The normalized spacial score (nSPS) is 14.4. The summed E-state index contributed by atoms with van der Waals surface area (Å²) in [6.45, 7) is 0.554. The number of amides is 1. The van der Waals surface area contributed by atoms with Crippen molar-refractivity contribution in [1.29, 1.82) is 0 Å². The topological polar surface area (TPSA) is 72.2 Å². The van der Waals surface area contributed by atoms with Gasteiger partial charge in [-0.25, -0.2) is 0 Å². The van der Waals surface area contributed by atoms with E-state index in [0.29, 0.717) is 6.54 Å². The zero-order valence-electron chi connectivity index (χ0n) is 11.6. The van der Waals surface area contributed by atoms with Crippen molar-refractivity contribution in [3.05, 3.63) is 50.5 Å². The van der Waals surface area contributed by atoms with Crippen LogP contribution in [0, 0.1) is 10.1 Å². The van der Waals surface area contributed by atoms with Gasteiger partial charge >= 0.3 is 0 Å². The fourth-order valence-corrected chi connectivity index (χ4v) is 2.63. The predicted molar refractivity (Wildman–Crippen MR) is 81.6 cm³/mol. The maximum atomic E-state index is 12.0. The maximum Gasteiger partial charge on any atom is 0.270 e. The van der Waals surface area contributed by atoms with E-state index in [4.69, 9.17) is 11.6 Å². The van der Waals surface area contributed by atoms with Gasteiger partial charge in [0, 0.05) is 18.7 Å². The summed E-state index contributed by atoms with van der Waals surface area (Å²) in [6.07, 6.45) is 7.78. The first-order valence-electron chi connectivity index (χ1n) is 6.98. The summed E-state index contributed by atoms with van der Waals surface area (Å²) < 4.78 is 0. The highest BCUT2D eigenvalue weighted by Gasteiger charge is 2.14. The van der Waals surface area contributed by atoms with Crippen molar-refractivity contribution >= 4 is 23.2 Å². The molecule has 0 saturated carbocycles. The van der Waals surface area contributed by atoms with E-state index in [1.165, 1.54) is 36.6 Å². The Morgan fingerprint density at radius 1 is 1.38 bits per heavy atom. The highest BCUT2D eigenvalue weighted by atomic mass is 35.5. The lowest BCUT2D eigenvalue weighted by Crippen LogP contribution is -2.25. The van der Waals surface area contributed by atoms with Crippen LogP contribution >= 0.6 is 11.6 Å². The van der Waals surface area contributed by atoms with Crippen LogP contribution in [0.3, 0.4) is 0 Å². The number of rotatable bonds is 5. The Morgan fingerprint density at radius 3 is 2.81 bits per heavy atom. The lowest BCUT2D eigenvalue weighted by atomic mass is 9.97. The summed E-state index contributed by atoms with van der Waals surface area (Å²) in [5, 5.41) is 13.5. The first-order chi connectivity index (χ1) is 10.1. The van der Waals surface area contributed by atoms with E-state index >= 15 is 0 Å². The molecule has 1 aromatic rings. The van der Waals surface area contributed by atoms with E-state index in [1.807, 2.05) is 0 Å². The number of benzene rings is 1. The quantitative estimate of drug-likeness (QED) is 0.510. The van der Waals surface area contributed by atoms with Crippen LogP contribution in [0.4, 0.5) is 5.69 Å². The predicted octanol–water partition coefficient (Wildman–Crippen LogP) is 3.87. The molecule has 1 aromatic carbocycles. The van der Waals surface area contributed by atoms with Crippen LogP contribution in [0.1, 0.15) is 42.5 Å². The molecule has 2 rings (SSSR count). The Bertz CT molecular complexity index is 584. The standard InChI is InChI=1S/C15H17ClN2O3/c16-14-10-12(18(20)21)6-7-13(14)15(19)17-9-8-11-4-2-1-3-5-11/h4,6-7,10H,1-3,5,8-9H2,(H,17,19). The third-order valence-corrected chi connectivity index (χ3v) is 3.84. The van der Waals surface area contributed by atoms with Crippen molar-refractivity contribution < 1.29 is 9.72 Å². The van der Waals surface area contributed by atoms with Crippen molar-refractivity contribution in [3.63, 3.8) is 0 Å². The van der Waals surface area contributed by atoms with Gasteiger partial charge in [0.05, 0.1) is 15.5 Å². The number of carbonyl (C=O) groups is 1. The number of nitrogens with one attached hydrogen (secondary N) is 1. The molecule has 0 fully saturated rings. The number of non-ortho nitro benzene ring substituents is 1. The van der Waals surface area contributed by atoms with Gasteiger partial charge in [0.2, 0.25) is 0 Å². The minimum Gasteiger partial charge on any atom is -0.352 e. The molecule has 1 N–H and O–H groups in total. The van der Waals surface area contributed by atoms with Gasteiger partial charge in [-0.3, -0.25) is 14.9 Å². The SMILES string of the molecule is O=C(NCCC1=CCCCC1)c1ccc([N+](=O)[O-])cc1Cl. The number of nitro groups is 1. The second kappa shape index (κ2) is 7.22. The molecule has 21 heavy (non-hydrogen) atoms. The summed E-state index contributed by atoms with van der Waals surface area (Å²) in [5.74, 6) is -0.300. The van der Waals surface area contributed by atoms with Crippen molar-refractivity contribution in [3.8, 4) is 0 Å². The molecule has 1 aliphatic rings. The Morgan fingerprint density at radius 2 is 2.19 bits per heavy atom. The molecule has 112 valence electrons. The van der Waals surface area contributed by atoms with Gasteiger partial charge in [0.25, 0.3) is 11.6 Å². The van der Waals surface area contributed by atoms with Gasteiger partial charge in [-0.2, -0.15) is 0 Å². The van der Waals surface area contributed by atoms with Gasteiger partial charge in [0.15, 0.2) is 0 Å². The summed E-state index contributed by atoms with van der Waals surface area (Å²) in [5.41, 5.74) is 1.53. The van der Waals surface area contributed by atoms with E-state index in [1.54, 1.807) is 0 Å². The molecule has 5 nitrogen and oxygen atoms in total. The molecule has 0 saturated heterocycles. The fourth-order valence-electron chi connectivity index (χ4n) is 2.37. The molecular weight excluding hydrogens is 292 g/mol. The summed E-state index contributed by atoms with van der Waals surface area (Å²) in [4.78, 5) is 22.1. The molecule has 0 unspecified atom stereocenters. The van der Waals surface area contributed by atoms with Crippen LogP contribution in [0.2, 0.25) is 5.02 Å². The maximum absolute atomic E-state index is 12.0. The minimum atomic E-state index is -0.539. The molecule has 0 bridgehead atoms. The molecule has 1 aliphatic carbocycles. The number of carbonyl (C=O) groups excluding carboxylic acids is 1. The third-order valence-electron chi connectivity index (χ3n) is 3.52. The number of halogens is 1. The van der Waals surface area contributed by atoms with Gasteiger partial charge in [-0.05, 0) is 38.2 Å².